The summed E-state index contributed by atoms with van der Waals surface area (Å²) in [5.41, 5.74) is 1.03. The summed E-state index contributed by atoms with van der Waals surface area (Å²) in [7, 11) is 0. The van der Waals surface area contributed by atoms with E-state index in [-0.39, 0.29) is 36.6 Å². The molecule has 1 N–H and O–H groups in total. The third kappa shape index (κ3) is 2.70. The molecule has 2 aliphatic rings. The van der Waals surface area contributed by atoms with Crippen LogP contribution in [0.1, 0.15) is 18.4 Å². The molecule has 1 heterocycles. The smallest absolute Gasteiger partial charge is 0.306 e. The van der Waals surface area contributed by atoms with Crippen molar-refractivity contribution < 1.29 is 24.4 Å². The summed E-state index contributed by atoms with van der Waals surface area (Å²) in [6.07, 6.45) is 0.613. The number of hydrogen-bond donors (Lipinski definition) is 1. The van der Waals surface area contributed by atoms with Crippen molar-refractivity contribution in [3.05, 3.63) is 35.9 Å². The van der Waals surface area contributed by atoms with Crippen LogP contribution in [0, 0.1) is 11.8 Å². The van der Waals surface area contributed by atoms with E-state index >= 15 is 0 Å². The Bertz CT molecular complexity index is 461. The van der Waals surface area contributed by atoms with Crippen LogP contribution < -0.4 is 0 Å². The highest BCUT2D eigenvalue weighted by Crippen LogP contribution is 2.42. The quantitative estimate of drug-likeness (QED) is 0.501. The van der Waals surface area contributed by atoms with Gasteiger partial charge in [0, 0.05) is 24.9 Å². The van der Waals surface area contributed by atoms with Gasteiger partial charge in [-0.3, -0.25) is 4.79 Å². The summed E-state index contributed by atoms with van der Waals surface area (Å²) in [5, 5.41) is 9.48. The van der Waals surface area contributed by atoms with Crippen molar-refractivity contribution in [3.8, 4) is 0 Å². The molecular formula is C15H18O5. The van der Waals surface area contributed by atoms with E-state index in [0.29, 0.717) is 19.4 Å². The average Bonchev–Trinajstić information content (AvgIpc) is 2.95. The molecule has 1 aromatic rings. The van der Waals surface area contributed by atoms with Crippen LogP contribution in [-0.4, -0.2) is 29.9 Å². The van der Waals surface area contributed by atoms with Crippen LogP contribution >= 0.6 is 0 Å². The van der Waals surface area contributed by atoms with Crippen LogP contribution in [0.5, 0.6) is 0 Å². The number of ether oxygens (including phenoxy) is 1. The molecule has 5 heteroatoms. The minimum absolute atomic E-state index is 0.0167. The number of hydrogen-bond acceptors (Lipinski definition) is 5. The molecule has 0 unspecified atom stereocenters. The molecule has 20 heavy (non-hydrogen) atoms. The van der Waals surface area contributed by atoms with Gasteiger partial charge >= 0.3 is 5.97 Å². The molecule has 1 aromatic carbocycles. The van der Waals surface area contributed by atoms with E-state index in [2.05, 4.69) is 0 Å². The van der Waals surface area contributed by atoms with Gasteiger partial charge in [-0.15, -0.1) is 0 Å². The molecule has 2 fully saturated rings. The Balaban J connectivity index is 1.52. The van der Waals surface area contributed by atoms with Gasteiger partial charge in [0.05, 0.1) is 6.42 Å². The van der Waals surface area contributed by atoms with Gasteiger partial charge in [0.1, 0.15) is 18.8 Å². The number of aliphatic hydroxyl groups excluding tert-OH is 1. The zero-order valence-electron chi connectivity index (χ0n) is 11.1. The van der Waals surface area contributed by atoms with Gasteiger partial charge in [0.2, 0.25) is 0 Å². The van der Waals surface area contributed by atoms with E-state index in [9.17, 15) is 9.90 Å². The molecule has 5 nitrogen and oxygen atoms in total. The molecule has 0 bridgehead atoms. The zero-order chi connectivity index (χ0) is 13.9. The Morgan fingerprint density at radius 3 is 2.85 bits per heavy atom. The summed E-state index contributed by atoms with van der Waals surface area (Å²) in [5.74, 6) is -0.220. The van der Waals surface area contributed by atoms with E-state index in [4.69, 9.17) is 14.5 Å². The lowest BCUT2D eigenvalue weighted by Crippen LogP contribution is -2.26. The first kappa shape index (κ1) is 13.5. The third-order valence-electron chi connectivity index (χ3n) is 4.13. The summed E-state index contributed by atoms with van der Waals surface area (Å²) < 4.78 is 5.23. The van der Waals surface area contributed by atoms with Crippen molar-refractivity contribution in [2.24, 2.45) is 11.8 Å². The van der Waals surface area contributed by atoms with Crippen molar-refractivity contribution in [3.63, 3.8) is 0 Å². The molecule has 0 spiro atoms. The van der Waals surface area contributed by atoms with E-state index in [1.54, 1.807) is 0 Å². The van der Waals surface area contributed by atoms with E-state index in [0.717, 1.165) is 5.56 Å². The first-order valence-electron chi connectivity index (χ1n) is 6.90. The van der Waals surface area contributed by atoms with E-state index in [1.807, 2.05) is 30.3 Å². The largest absolute Gasteiger partial charge is 0.462 e. The second-order valence-corrected chi connectivity index (χ2v) is 5.36. The molecule has 0 amide bonds. The number of rotatable bonds is 5. The summed E-state index contributed by atoms with van der Waals surface area (Å²) in [6, 6.07) is 9.73. The van der Waals surface area contributed by atoms with Crippen LogP contribution in [-0.2, 0) is 25.9 Å². The first-order chi connectivity index (χ1) is 9.78. The molecular weight excluding hydrogens is 260 g/mol. The molecule has 108 valence electrons. The lowest BCUT2D eigenvalue weighted by Gasteiger charge is -2.19. The number of aliphatic hydroxyl groups is 1. The summed E-state index contributed by atoms with van der Waals surface area (Å²) >= 11 is 0. The topological polar surface area (TPSA) is 65.0 Å². The second-order valence-electron chi connectivity index (χ2n) is 5.36. The fourth-order valence-corrected chi connectivity index (χ4v) is 3.08. The number of fused-ring (bicyclic) bond motifs is 1. The van der Waals surface area contributed by atoms with Gasteiger partial charge in [-0.25, -0.2) is 9.78 Å². The van der Waals surface area contributed by atoms with Crippen molar-refractivity contribution in [2.75, 3.05) is 6.61 Å². The predicted octanol–water partition coefficient (Wildman–Crippen LogP) is 1.45. The van der Waals surface area contributed by atoms with Gasteiger partial charge in [-0.1, -0.05) is 30.3 Å². The van der Waals surface area contributed by atoms with Crippen LogP contribution in [0.2, 0.25) is 0 Å². The van der Waals surface area contributed by atoms with Crippen LogP contribution in [0.3, 0.4) is 0 Å². The van der Waals surface area contributed by atoms with Crippen LogP contribution in [0.15, 0.2) is 30.3 Å². The Labute approximate surface area is 117 Å². The molecule has 1 saturated carbocycles. The fourth-order valence-electron chi connectivity index (χ4n) is 3.08. The Kier molecular flexibility index (Phi) is 4.00. The molecule has 1 saturated heterocycles. The molecule has 1 aliphatic carbocycles. The van der Waals surface area contributed by atoms with Crippen molar-refractivity contribution in [1.82, 2.24) is 0 Å². The van der Waals surface area contributed by atoms with Crippen LogP contribution in [0.25, 0.3) is 0 Å². The molecule has 3 rings (SSSR count). The third-order valence-corrected chi connectivity index (χ3v) is 4.13. The lowest BCUT2D eigenvalue weighted by atomic mass is 9.93. The SMILES string of the molecule is O=C1C[C@@H]2[C@@H](CO)[C@H](OOCc3ccccc3)C[C@@H]2O1. The molecule has 0 radical (unpaired) electrons. The second kappa shape index (κ2) is 5.91. The van der Waals surface area contributed by atoms with Crippen molar-refractivity contribution in [2.45, 2.75) is 31.7 Å². The molecule has 0 aromatic heterocycles. The molecule has 4 atom stereocenters. The Hall–Kier alpha value is -1.43. The van der Waals surface area contributed by atoms with Crippen molar-refractivity contribution in [1.29, 1.82) is 0 Å². The van der Waals surface area contributed by atoms with Gasteiger partial charge < -0.3 is 9.84 Å². The predicted molar refractivity (Wildman–Crippen MR) is 69.3 cm³/mol. The maximum atomic E-state index is 11.2. The highest BCUT2D eigenvalue weighted by Gasteiger charge is 2.50. The highest BCUT2D eigenvalue weighted by atomic mass is 17.2. The maximum absolute atomic E-state index is 11.2. The van der Waals surface area contributed by atoms with Gasteiger partial charge in [-0.05, 0) is 5.56 Å². The highest BCUT2D eigenvalue weighted by molar-refractivity contribution is 5.72. The van der Waals surface area contributed by atoms with Crippen molar-refractivity contribution >= 4 is 5.97 Å². The Morgan fingerprint density at radius 2 is 2.10 bits per heavy atom. The number of esters is 1. The summed E-state index contributed by atoms with van der Waals surface area (Å²) in [4.78, 5) is 22.0. The standard InChI is InChI=1S/C15H18O5/c16-8-12-11-6-15(17)19-13(11)7-14(12)20-18-9-10-4-2-1-3-5-10/h1-5,11-14,16H,6-9H2/t11-,12-,13+,14-/m1/s1. The van der Waals surface area contributed by atoms with E-state index < -0.39 is 0 Å². The zero-order valence-corrected chi connectivity index (χ0v) is 11.1. The fraction of sp³-hybridized carbons (Fsp3) is 0.533. The normalized spacial score (nSPS) is 32.1. The monoisotopic (exact) mass is 278 g/mol. The maximum Gasteiger partial charge on any atom is 0.306 e. The van der Waals surface area contributed by atoms with Gasteiger partial charge in [0.25, 0.3) is 0 Å². The Morgan fingerprint density at radius 1 is 1.30 bits per heavy atom. The minimum atomic E-state index is -0.216. The number of benzene rings is 1. The molecule has 1 aliphatic heterocycles. The van der Waals surface area contributed by atoms with E-state index in [1.165, 1.54) is 0 Å². The number of carbonyl (C=O) groups excluding carboxylic acids is 1. The van der Waals surface area contributed by atoms with Gasteiger partial charge in [-0.2, -0.15) is 0 Å². The van der Waals surface area contributed by atoms with Gasteiger partial charge in [0.15, 0.2) is 0 Å². The minimum Gasteiger partial charge on any atom is -0.462 e. The summed E-state index contributed by atoms with van der Waals surface area (Å²) in [6.45, 7) is 0.349. The number of carbonyl (C=O) groups is 1. The lowest BCUT2D eigenvalue weighted by molar-refractivity contribution is -0.341. The van der Waals surface area contributed by atoms with Crippen LogP contribution in [0.4, 0.5) is 0 Å². The first-order valence-corrected chi connectivity index (χ1v) is 6.90. The average molecular weight is 278 g/mol.